The van der Waals surface area contributed by atoms with E-state index in [4.69, 9.17) is 0 Å². The van der Waals surface area contributed by atoms with E-state index in [2.05, 4.69) is 16.7 Å². The van der Waals surface area contributed by atoms with Gasteiger partial charge in [-0.3, -0.25) is 9.59 Å². The first-order chi connectivity index (χ1) is 12.5. The average Bonchev–Trinajstić information content (AvgIpc) is 3.27. The third-order valence-corrected chi connectivity index (χ3v) is 7.66. The SMILES string of the molecule is Cc1ccc(C(=O)N2CCC[C@@H]3CN(C(=O)C4CCC(C)CC4)C[C@@H]32)s1. The van der Waals surface area contributed by atoms with Crippen LogP contribution in [0.4, 0.5) is 0 Å². The molecule has 0 N–H and O–H groups in total. The van der Waals surface area contributed by atoms with Gasteiger partial charge < -0.3 is 9.80 Å². The van der Waals surface area contributed by atoms with Crippen molar-refractivity contribution in [1.82, 2.24) is 9.80 Å². The molecule has 4 rings (SSSR count). The van der Waals surface area contributed by atoms with Gasteiger partial charge in [0.05, 0.1) is 10.9 Å². The van der Waals surface area contributed by atoms with Gasteiger partial charge in [-0.1, -0.05) is 6.92 Å². The van der Waals surface area contributed by atoms with Crippen molar-refractivity contribution < 1.29 is 9.59 Å². The van der Waals surface area contributed by atoms with Gasteiger partial charge in [-0.2, -0.15) is 0 Å². The van der Waals surface area contributed by atoms with Crippen LogP contribution < -0.4 is 0 Å². The summed E-state index contributed by atoms with van der Waals surface area (Å²) in [6, 6.07) is 4.19. The molecule has 3 heterocycles. The number of amides is 2. The monoisotopic (exact) mass is 374 g/mol. The van der Waals surface area contributed by atoms with Crippen molar-refractivity contribution in [2.24, 2.45) is 17.8 Å². The van der Waals surface area contributed by atoms with Crippen molar-refractivity contribution in [3.63, 3.8) is 0 Å². The second-order valence-electron chi connectivity index (χ2n) is 8.58. The lowest BCUT2D eigenvalue weighted by Gasteiger charge is -2.36. The van der Waals surface area contributed by atoms with Crippen LogP contribution in [0.2, 0.25) is 0 Å². The fourth-order valence-corrected chi connectivity index (χ4v) is 5.89. The van der Waals surface area contributed by atoms with Crippen LogP contribution in [0.1, 0.15) is 60.0 Å². The van der Waals surface area contributed by atoms with Gasteiger partial charge >= 0.3 is 0 Å². The zero-order valence-corrected chi connectivity index (χ0v) is 16.8. The van der Waals surface area contributed by atoms with Crippen LogP contribution in [0.5, 0.6) is 0 Å². The second kappa shape index (κ2) is 7.34. The maximum absolute atomic E-state index is 13.0. The van der Waals surface area contributed by atoms with Crippen molar-refractivity contribution in [3.8, 4) is 0 Å². The second-order valence-corrected chi connectivity index (χ2v) is 9.87. The highest BCUT2D eigenvalue weighted by Crippen LogP contribution is 2.35. The van der Waals surface area contributed by atoms with Gasteiger partial charge in [-0.25, -0.2) is 0 Å². The van der Waals surface area contributed by atoms with Crippen LogP contribution in [0.15, 0.2) is 12.1 Å². The van der Waals surface area contributed by atoms with E-state index in [0.29, 0.717) is 11.8 Å². The van der Waals surface area contributed by atoms with Gasteiger partial charge in [0.1, 0.15) is 0 Å². The van der Waals surface area contributed by atoms with Crippen molar-refractivity contribution in [2.75, 3.05) is 19.6 Å². The molecular weight excluding hydrogens is 344 g/mol. The molecule has 1 aliphatic carbocycles. The third-order valence-electron chi connectivity index (χ3n) is 6.67. The van der Waals surface area contributed by atoms with E-state index in [1.807, 2.05) is 19.1 Å². The molecule has 1 aromatic rings. The molecule has 1 aromatic heterocycles. The topological polar surface area (TPSA) is 40.6 Å². The first kappa shape index (κ1) is 18.0. The number of aryl methyl sites for hydroxylation is 1. The molecule has 26 heavy (non-hydrogen) atoms. The van der Waals surface area contributed by atoms with E-state index in [0.717, 1.165) is 56.1 Å². The van der Waals surface area contributed by atoms with Gasteiger partial charge in [0, 0.05) is 30.4 Å². The molecule has 0 unspecified atom stereocenters. The summed E-state index contributed by atoms with van der Waals surface area (Å²) in [5.74, 6) is 1.96. The van der Waals surface area contributed by atoms with E-state index < -0.39 is 0 Å². The number of thiophene rings is 1. The third kappa shape index (κ3) is 3.42. The normalized spacial score (nSPS) is 31.8. The van der Waals surface area contributed by atoms with Gasteiger partial charge in [0.25, 0.3) is 5.91 Å². The number of hydrogen-bond donors (Lipinski definition) is 0. The molecule has 2 atom stereocenters. The molecule has 0 radical (unpaired) electrons. The van der Waals surface area contributed by atoms with E-state index in [1.54, 1.807) is 11.3 Å². The molecule has 2 saturated heterocycles. The number of piperidine rings is 1. The minimum Gasteiger partial charge on any atom is -0.340 e. The number of hydrogen-bond acceptors (Lipinski definition) is 3. The van der Waals surface area contributed by atoms with E-state index >= 15 is 0 Å². The molecule has 5 heteroatoms. The molecule has 2 aliphatic heterocycles. The summed E-state index contributed by atoms with van der Waals surface area (Å²) in [7, 11) is 0. The fraction of sp³-hybridized carbons (Fsp3) is 0.714. The number of rotatable bonds is 2. The van der Waals surface area contributed by atoms with E-state index in [1.165, 1.54) is 17.7 Å². The number of likely N-dealkylation sites (tertiary alicyclic amines) is 2. The first-order valence-corrected chi connectivity index (χ1v) is 11.0. The Bertz CT molecular complexity index is 677. The Kier molecular flexibility index (Phi) is 5.09. The zero-order chi connectivity index (χ0) is 18.3. The summed E-state index contributed by atoms with van der Waals surface area (Å²) in [5, 5.41) is 0. The molecule has 0 aromatic carbocycles. The largest absolute Gasteiger partial charge is 0.340 e. The predicted octanol–water partition coefficient (Wildman–Crippen LogP) is 3.95. The van der Waals surface area contributed by atoms with E-state index in [9.17, 15) is 9.59 Å². The highest BCUT2D eigenvalue weighted by atomic mass is 32.1. The van der Waals surface area contributed by atoms with Gasteiger partial charge in [0.15, 0.2) is 0 Å². The van der Waals surface area contributed by atoms with Crippen molar-refractivity contribution in [3.05, 3.63) is 21.9 Å². The smallest absolute Gasteiger partial charge is 0.264 e. The Balaban J connectivity index is 1.44. The summed E-state index contributed by atoms with van der Waals surface area (Å²) in [6.07, 6.45) is 6.65. The number of fused-ring (bicyclic) bond motifs is 1. The minimum atomic E-state index is 0.165. The highest BCUT2D eigenvalue weighted by molar-refractivity contribution is 7.13. The first-order valence-electron chi connectivity index (χ1n) is 10.2. The van der Waals surface area contributed by atoms with E-state index in [-0.39, 0.29) is 17.9 Å². The number of carbonyl (C=O) groups excluding carboxylic acids is 2. The highest BCUT2D eigenvalue weighted by Gasteiger charge is 2.44. The van der Waals surface area contributed by atoms with Crippen LogP contribution in [0.3, 0.4) is 0 Å². The number of nitrogens with zero attached hydrogens (tertiary/aromatic N) is 2. The minimum absolute atomic E-state index is 0.165. The summed E-state index contributed by atoms with van der Waals surface area (Å²) in [5.41, 5.74) is 0. The molecule has 0 bridgehead atoms. The Morgan fingerprint density at radius 3 is 2.54 bits per heavy atom. The molecule has 1 saturated carbocycles. The maximum Gasteiger partial charge on any atom is 0.264 e. The molecule has 4 nitrogen and oxygen atoms in total. The summed E-state index contributed by atoms with van der Waals surface area (Å²) < 4.78 is 0. The lowest BCUT2D eigenvalue weighted by Crippen LogP contribution is -2.48. The molecule has 0 spiro atoms. The van der Waals surface area contributed by atoms with Crippen molar-refractivity contribution >= 4 is 23.2 Å². The lowest BCUT2D eigenvalue weighted by atomic mass is 9.82. The van der Waals surface area contributed by atoms with Crippen LogP contribution in [-0.2, 0) is 4.79 Å². The van der Waals surface area contributed by atoms with Crippen LogP contribution in [0, 0.1) is 24.7 Å². The van der Waals surface area contributed by atoms with Crippen LogP contribution in [-0.4, -0.2) is 47.3 Å². The number of carbonyl (C=O) groups is 2. The van der Waals surface area contributed by atoms with Crippen molar-refractivity contribution in [2.45, 2.75) is 58.4 Å². The Morgan fingerprint density at radius 2 is 1.85 bits per heavy atom. The summed E-state index contributed by atoms with van der Waals surface area (Å²) in [4.78, 5) is 32.2. The molecule has 3 fully saturated rings. The molecule has 3 aliphatic rings. The standard InChI is InChI=1S/C21H30N2O2S/c1-14-5-8-16(9-6-14)20(24)22-12-17-4-3-11-23(18(17)13-22)21(25)19-10-7-15(2)26-19/h7,10,14,16-18H,3-6,8-9,11-13H2,1-2H3/t14?,16?,17-,18+/m1/s1. The Hall–Kier alpha value is -1.36. The fourth-order valence-electron chi connectivity index (χ4n) is 5.07. The van der Waals surface area contributed by atoms with Crippen LogP contribution >= 0.6 is 11.3 Å². The molecule has 2 amide bonds. The quantitative estimate of drug-likeness (QED) is 0.786. The van der Waals surface area contributed by atoms with Gasteiger partial charge in [-0.05, 0) is 69.4 Å². The Morgan fingerprint density at radius 1 is 1.08 bits per heavy atom. The van der Waals surface area contributed by atoms with Crippen LogP contribution in [0.25, 0.3) is 0 Å². The van der Waals surface area contributed by atoms with Crippen molar-refractivity contribution in [1.29, 1.82) is 0 Å². The molecular formula is C21H30N2O2S. The van der Waals surface area contributed by atoms with Gasteiger partial charge in [-0.15, -0.1) is 11.3 Å². The molecule has 142 valence electrons. The zero-order valence-electron chi connectivity index (χ0n) is 15.9. The van der Waals surface area contributed by atoms with Gasteiger partial charge in [0.2, 0.25) is 5.91 Å². The summed E-state index contributed by atoms with van der Waals surface area (Å²) >= 11 is 1.58. The lowest BCUT2D eigenvalue weighted by molar-refractivity contribution is -0.136. The summed E-state index contributed by atoms with van der Waals surface area (Å²) in [6.45, 7) is 6.76. The average molecular weight is 375 g/mol. The predicted molar refractivity (Wildman–Crippen MR) is 104 cm³/mol. The maximum atomic E-state index is 13.0. The Labute approximate surface area is 160 Å².